The monoisotopic (exact) mass is 194 g/mol. The van der Waals surface area contributed by atoms with Gasteiger partial charge in [-0.15, -0.1) is 0 Å². The summed E-state index contributed by atoms with van der Waals surface area (Å²) < 4.78 is 0. The second kappa shape index (κ2) is 9.05. The van der Waals surface area contributed by atoms with Gasteiger partial charge in [0.05, 0.1) is 0 Å². The van der Waals surface area contributed by atoms with E-state index in [0.717, 1.165) is 6.42 Å². The highest BCUT2D eigenvalue weighted by molar-refractivity contribution is 5.23. The lowest BCUT2D eigenvalue weighted by atomic mass is 10.0. The average molecular weight is 194 g/mol. The van der Waals surface area contributed by atoms with Crippen LogP contribution in [0.25, 0.3) is 0 Å². The van der Waals surface area contributed by atoms with E-state index < -0.39 is 0 Å². The summed E-state index contributed by atoms with van der Waals surface area (Å²) in [5.74, 6) is 0. The molecule has 0 aromatic carbocycles. The van der Waals surface area contributed by atoms with Gasteiger partial charge < -0.3 is 0 Å². The Kier molecular flexibility index (Phi) is 8.72. The molecule has 82 valence electrons. The first-order valence-electron chi connectivity index (χ1n) is 6.16. The van der Waals surface area contributed by atoms with E-state index in [-0.39, 0.29) is 0 Å². The Bertz CT molecular complexity index is 184. The first kappa shape index (κ1) is 13.5. The Balaban J connectivity index is 4.30. The molecule has 0 bridgehead atoms. The zero-order chi connectivity index (χ0) is 10.8. The highest BCUT2D eigenvalue weighted by Crippen LogP contribution is 2.16. The van der Waals surface area contributed by atoms with Crippen molar-refractivity contribution in [3.8, 4) is 0 Å². The highest BCUT2D eigenvalue weighted by Gasteiger charge is 1.95. The molecule has 0 unspecified atom stereocenters. The van der Waals surface area contributed by atoms with E-state index in [4.69, 9.17) is 0 Å². The minimum Gasteiger partial charge on any atom is -0.0816 e. The van der Waals surface area contributed by atoms with Crippen molar-refractivity contribution in [2.75, 3.05) is 0 Å². The summed E-state index contributed by atoms with van der Waals surface area (Å²) in [5.41, 5.74) is 3.13. The lowest BCUT2D eigenvalue weighted by Gasteiger charge is -2.05. The van der Waals surface area contributed by atoms with E-state index in [2.05, 4.69) is 39.8 Å². The van der Waals surface area contributed by atoms with Crippen molar-refractivity contribution >= 4 is 0 Å². The van der Waals surface area contributed by atoms with Crippen LogP contribution in [0, 0.1) is 0 Å². The van der Waals surface area contributed by atoms with E-state index >= 15 is 0 Å². The molecule has 0 aliphatic heterocycles. The maximum atomic E-state index is 2.42. The van der Waals surface area contributed by atoms with Crippen LogP contribution in [0.2, 0.25) is 0 Å². The predicted octanol–water partition coefficient (Wildman–Crippen LogP) is 5.26. The number of unbranched alkanes of at least 4 members (excludes halogenated alkanes) is 1. The molecule has 0 N–H and O–H groups in total. The first-order chi connectivity index (χ1) is 6.78. The fourth-order valence-corrected chi connectivity index (χ4v) is 1.58. The van der Waals surface area contributed by atoms with Gasteiger partial charge in [0.25, 0.3) is 0 Å². The molecule has 0 amide bonds. The molecule has 0 aliphatic carbocycles. The van der Waals surface area contributed by atoms with Crippen molar-refractivity contribution in [1.29, 1.82) is 0 Å². The van der Waals surface area contributed by atoms with Gasteiger partial charge in [0.1, 0.15) is 0 Å². The van der Waals surface area contributed by atoms with E-state index in [9.17, 15) is 0 Å². The van der Waals surface area contributed by atoms with Crippen molar-refractivity contribution in [2.45, 2.75) is 66.2 Å². The van der Waals surface area contributed by atoms with Crippen LogP contribution < -0.4 is 0 Å². The third-order valence-corrected chi connectivity index (χ3v) is 2.57. The summed E-state index contributed by atoms with van der Waals surface area (Å²) in [6.07, 6.45) is 12.2. The lowest BCUT2D eigenvalue weighted by molar-refractivity contribution is 0.764. The number of hydrogen-bond donors (Lipinski definition) is 0. The Morgan fingerprint density at radius 3 is 2.14 bits per heavy atom. The maximum Gasteiger partial charge on any atom is -0.0311 e. The maximum absolute atomic E-state index is 2.42. The van der Waals surface area contributed by atoms with Crippen molar-refractivity contribution in [3.63, 3.8) is 0 Å². The molecule has 0 aromatic heterocycles. The van der Waals surface area contributed by atoms with Gasteiger partial charge in [0.2, 0.25) is 0 Å². The molecule has 0 radical (unpaired) electrons. The molecular weight excluding hydrogens is 168 g/mol. The fourth-order valence-electron chi connectivity index (χ4n) is 1.58. The minimum absolute atomic E-state index is 1.16. The van der Waals surface area contributed by atoms with Crippen LogP contribution in [0.15, 0.2) is 23.3 Å². The Morgan fingerprint density at radius 2 is 1.71 bits per heavy atom. The summed E-state index contributed by atoms with van der Waals surface area (Å²) >= 11 is 0. The second-order valence-corrected chi connectivity index (χ2v) is 3.80. The van der Waals surface area contributed by atoms with Gasteiger partial charge in [-0.05, 0) is 32.1 Å². The molecule has 0 saturated heterocycles. The van der Waals surface area contributed by atoms with Gasteiger partial charge in [0.15, 0.2) is 0 Å². The molecule has 0 nitrogen and oxygen atoms in total. The number of allylic oxidation sites excluding steroid dienone is 4. The summed E-state index contributed by atoms with van der Waals surface area (Å²) in [6.45, 7) is 8.98. The number of rotatable bonds is 7. The summed E-state index contributed by atoms with van der Waals surface area (Å²) in [4.78, 5) is 0. The van der Waals surface area contributed by atoms with Gasteiger partial charge >= 0.3 is 0 Å². The summed E-state index contributed by atoms with van der Waals surface area (Å²) in [6, 6.07) is 0. The third kappa shape index (κ3) is 6.01. The smallest absolute Gasteiger partial charge is 0.0311 e. The van der Waals surface area contributed by atoms with Crippen LogP contribution >= 0.6 is 0 Å². The van der Waals surface area contributed by atoms with E-state index in [1.54, 1.807) is 5.57 Å². The topological polar surface area (TPSA) is 0 Å². The molecule has 0 rings (SSSR count). The van der Waals surface area contributed by atoms with Gasteiger partial charge in [-0.2, -0.15) is 0 Å². The quantitative estimate of drug-likeness (QED) is 0.485. The number of hydrogen-bond acceptors (Lipinski definition) is 0. The SMILES string of the molecule is CC/C=C(\C=C(/CC)CCCC)CC. The van der Waals surface area contributed by atoms with Crippen LogP contribution in [0.1, 0.15) is 66.2 Å². The highest BCUT2D eigenvalue weighted by atomic mass is 14.0. The van der Waals surface area contributed by atoms with Crippen LogP contribution in [0.5, 0.6) is 0 Å². The van der Waals surface area contributed by atoms with E-state index in [1.165, 1.54) is 37.7 Å². The molecule has 0 heterocycles. The molecule has 0 spiro atoms. The first-order valence-corrected chi connectivity index (χ1v) is 6.16. The molecule has 14 heavy (non-hydrogen) atoms. The standard InChI is InChI=1S/C14H26/c1-5-9-11-14(8-4)12-13(7-3)10-6-2/h10,12H,5-9,11H2,1-4H3/b13-10-,14-12+. The van der Waals surface area contributed by atoms with Gasteiger partial charge in [-0.3, -0.25) is 0 Å². The Hall–Kier alpha value is -0.520. The molecule has 0 aliphatic rings. The zero-order valence-electron chi connectivity index (χ0n) is 10.4. The molecule has 0 aromatic rings. The minimum atomic E-state index is 1.16. The summed E-state index contributed by atoms with van der Waals surface area (Å²) in [7, 11) is 0. The van der Waals surface area contributed by atoms with Crippen LogP contribution in [-0.4, -0.2) is 0 Å². The van der Waals surface area contributed by atoms with Gasteiger partial charge in [0, 0.05) is 0 Å². The third-order valence-electron chi connectivity index (χ3n) is 2.57. The molecule has 0 fully saturated rings. The van der Waals surface area contributed by atoms with Gasteiger partial charge in [-0.25, -0.2) is 0 Å². The fraction of sp³-hybridized carbons (Fsp3) is 0.714. The largest absolute Gasteiger partial charge is 0.0816 e. The van der Waals surface area contributed by atoms with Crippen LogP contribution in [0.3, 0.4) is 0 Å². The van der Waals surface area contributed by atoms with Crippen molar-refractivity contribution < 1.29 is 0 Å². The Labute approximate surface area is 90.1 Å². The van der Waals surface area contributed by atoms with Crippen LogP contribution in [-0.2, 0) is 0 Å². The Morgan fingerprint density at radius 1 is 1.00 bits per heavy atom. The molecular formula is C14H26. The van der Waals surface area contributed by atoms with Crippen molar-refractivity contribution in [2.24, 2.45) is 0 Å². The van der Waals surface area contributed by atoms with Crippen molar-refractivity contribution in [1.82, 2.24) is 0 Å². The van der Waals surface area contributed by atoms with Crippen LogP contribution in [0.4, 0.5) is 0 Å². The molecule has 0 heteroatoms. The normalized spacial score (nSPS) is 13.4. The molecule has 0 saturated carbocycles. The van der Waals surface area contributed by atoms with Crippen molar-refractivity contribution in [3.05, 3.63) is 23.3 Å². The summed E-state index contributed by atoms with van der Waals surface area (Å²) in [5, 5.41) is 0. The zero-order valence-corrected chi connectivity index (χ0v) is 10.4. The molecule has 0 atom stereocenters. The predicted molar refractivity (Wildman–Crippen MR) is 66.6 cm³/mol. The average Bonchev–Trinajstić information content (AvgIpc) is 2.22. The van der Waals surface area contributed by atoms with E-state index in [1.807, 2.05) is 0 Å². The van der Waals surface area contributed by atoms with Gasteiger partial charge in [-0.1, -0.05) is 57.4 Å². The van der Waals surface area contributed by atoms with E-state index in [0.29, 0.717) is 0 Å². The second-order valence-electron chi connectivity index (χ2n) is 3.80. The lowest BCUT2D eigenvalue weighted by Crippen LogP contribution is -1.85.